The number of rotatable bonds is 0. The maximum Gasteiger partial charge on any atom is 2.00 e. The third kappa shape index (κ3) is 5.65. The van der Waals surface area contributed by atoms with Gasteiger partial charge in [-0.2, -0.15) is 0 Å². The zero-order chi connectivity index (χ0) is 12.0. The molecule has 4 N–H and O–H groups in total. The number of pyridine rings is 2. The molecule has 0 saturated heterocycles. The van der Waals surface area contributed by atoms with Crippen LogP contribution in [0.5, 0.6) is 0 Å². The van der Waals surface area contributed by atoms with Crippen molar-refractivity contribution in [2.75, 3.05) is 0 Å². The first-order chi connectivity index (χ1) is 7.61. The molecule has 2 aromatic heterocycles. The van der Waals surface area contributed by atoms with Gasteiger partial charge in [-0.1, -0.05) is 12.1 Å². The molecule has 0 aliphatic carbocycles. The standard InChI is InChI=1S/2C5H5NOS.Mn/c2*7-6-4-2-1-3-5(6)8;/h2*1-4,7H;/q;;+2/p+4. The van der Waals surface area contributed by atoms with Gasteiger partial charge in [-0.05, 0) is 21.6 Å². The van der Waals surface area contributed by atoms with Crippen LogP contribution in [0.2, 0.25) is 0 Å². The Hall–Kier alpha value is -1.14. The molecule has 0 aromatic carbocycles. The molecule has 17 heavy (non-hydrogen) atoms. The summed E-state index contributed by atoms with van der Waals surface area (Å²) in [7, 11) is 0. The van der Waals surface area contributed by atoms with E-state index in [1.165, 1.54) is 9.46 Å². The van der Waals surface area contributed by atoms with Crippen LogP contribution in [0.15, 0.2) is 48.8 Å². The van der Waals surface area contributed by atoms with E-state index in [-0.39, 0.29) is 17.1 Å². The van der Waals surface area contributed by atoms with Gasteiger partial charge in [0, 0.05) is 12.1 Å². The molecule has 0 bridgehead atoms. The molecule has 0 saturated carbocycles. The van der Waals surface area contributed by atoms with Crippen molar-refractivity contribution in [1.29, 1.82) is 0 Å². The minimum Gasteiger partial charge on any atom is -0.484 e. The molecular weight excluding hydrogens is 299 g/mol. The minimum atomic E-state index is 0. The summed E-state index contributed by atoms with van der Waals surface area (Å²) in [6.07, 6.45) is 3.25. The Bertz CT molecular complexity index is 517. The third-order valence-electron chi connectivity index (χ3n) is 1.68. The molecular formula is C10H14MnN2O2S2+6. The number of nitrogens with zero attached hydrogens (tertiary/aromatic N) is 2. The summed E-state index contributed by atoms with van der Waals surface area (Å²) in [6, 6.07) is 10.8. The monoisotopic (exact) mass is 313 g/mol. The van der Waals surface area contributed by atoms with Crippen LogP contribution in [0.25, 0.3) is 0 Å². The van der Waals surface area contributed by atoms with Crippen molar-refractivity contribution >= 4 is 24.4 Å². The summed E-state index contributed by atoms with van der Waals surface area (Å²) in [4.78, 5) is 0. The van der Waals surface area contributed by atoms with E-state index in [1.54, 1.807) is 36.7 Å². The largest absolute Gasteiger partial charge is 2.00 e. The van der Waals surface area contributed by atoms with Crippen molar-refractivity contribution < 1.29 is 27.5 Å². The maximum absolute atomic E-state index is 7.06. The Morgan fingerprint density at radius 2 is 1.12 bits per heavy atom. The van der Waals surface area contributed by atoms with Gasteiger partial charge in [-0.3, -0.25) is 0 Å². The van der Waals surface area contributed by atoms with Gasteiger partial charge >= 0.3 is 26.3 Å². The molecule has 0 aliphatic rings. The fourth-order valence-corrected chi connectivity index (χ4v) is 1.17. The van der Waals surface area contributed by atoms with E-state index in [9.17, 15) is 0 Å². The normalized spacial score (nSPS) is 8.47. The van der Waals surface area contributed by atoms with Crippen LogP contribution in [0.4, 0.5) is 0 Å². The van der Waals surface area contributed by atoms with E-state index >= 15 is 0 Å². The van der Waals surface area contributed by atoms with Crippen LogP contribution in [-0.4, -0.2) is 19.9 Å². The fraction of sp³-hybridized carbons (Fsp3) is 0. The third-order valence-corrected chi connectivity index (χ3v) is 2.41. The number of thiol groups is 2. The summed E-state index contributed by atoms with van der Waals surface area (Å²) in [5, 5.41) is 14.1. The number of hydrogen-bond donors (Lipinski definition) is 0. The van der Waals surface area contributed by atoms with E-state index in [0.29, 0.717) is 9.28 Å². The quantitative estimate of drug-likeness (QED) is 0.274. The molecule has 1 radical (unpaired) electrons. The second-order valence-electron chi connectivity index (χ2n) is 2.86. The molecule has 0 unspecified atom stereocenters. The summed E-state index contributed by atoms with van der Waals surface area (Å²) >= 11 is 7.95. The zero-order valence-electron chi connectivity index (χ0n) is 8.79. The van der Waals surface area contributed by atoms with E-state index in [1.807, 2.05) is 12.1 Å². The van der Waals surface area contributed by atoms with Gasteiger partial charge in [0.2, 0.25) is 0 Å². The summed E-state index contributed by atoms with van der Waals surface area (Å²) in [5.74, 6) is 0. The molecule has 0 spiro atoms. The van der Waals surface area contributed by atoms with Gasteiger partial charge < -0.3 is 10.4 Å². The maximum atomic E-state index is 7.06. The second-order valence-corrected chi connectivity index (χ2v) is 3.77. The molecule has 0 aliphatic heterocycles. The predicted molar refractivity (Wildman–Crippen MR) is 70.9 cm³/mol. The zero-order valence-corrected chi connectivity index (χ0v) is 11.8. The van der Waals surface area contributed by atoms with Crippen LogP contribution >= 0.6 is 0 Å². The van der Waals surface area contributed by atoms with E-state index in [4.69, 9.17) is 10.4 Å². The number of aromatic nitrogens is 2. The van der Waals surface area contributed by atoms with Gasteiger partial charge in [0.1, 0.15) is 0 Å². The topological polar surface area (TPSA) is 55.7 Å². The first-order valence-electron chi connectivity index (χ1n) is 4.44. The minimum absolute atomic E-state index is 0. The van der Waals surface area contributed by atoms with Crippen molar-refractivity contribution in [1.82, 2.24) is 9.46 Å². The Labute approximate surface area is 119 Å². The molecule has 2 rings (SSSR count). The van der Waals surface area contributed by atoms with Crippen molar-refractivity contribution in [3.63, 3.8) is 0 Å². The first kappa shape index (κ1) is 15.9. The van der Waals surface area contributed by atoms with Crippen molar-refractivity contribution in [2.45, 2.75) is 0 Å². The Kier molecular flexibility index (Phi) is 7.49. The second kappa shape index (κ2) is 8.02. The van der Waals surface area contributed by atoms with Crippen LogP contribution in [0.3, 0.4) is 0 Å². The molecule has 0 atom stereocenters. The van der Waals surface area contributed by atoms with Gasteiger partial charge in [0.05, 0.1) is 12.4 Å². The molecule has 2 heterocycles. The van der Waals surface area contributed by atoms with Crippen LogP contribution in [-0.2, 0) is 41.5 Å². The average molecular weight is 313 g/mol. The Balaban J connectivity index is 0.000000284. The van der Waals surface area contributed by atoms with Gasteiger partial charge in [-0.15, -0.1) is 0 Å². The Morgan fingerprint density at radius 1 is 0.765 bits per heavy atom. The van der Waals surface area contributed by atoms with Gasteiger partial charge in [0.25, 0.3) is 0 Å². The SMILES string of the molecule is [Mn+2].[OH2+]n1ccccc1=[SH+].[OH2+]n1ccccc1=[SH+]. The molecule has 2 aromatic rings. The molecule has 0 amide bonds. The predicted octanol–water partition coefficient (Wildman–Crippen LogP) is -0.429. The van der Waals surface area contributed by atoms with E-state index in [0.717, 1.165) is 0 Å². The summed E-state index contributed by atoms with van der Waals surface area (Å²) < 4.78 is 3.69. The van der Waals surface area contributed by atoms with Gasteiger partial charge in [-0.25, -0.2) is 0 Å². The average Bonchev–Trinajstić information content (AvgIpc) is 2.28. The van der Waals surface area contributed by atoms with Gasteiger partial charge in [0.15, 0.2) is 24.4 Å². The van der Waals surface area contributed by atoms with Crippen LogP contribution in [0.1, 0.15) is 0 Å². The number of hydrogen-bond acceptors (Lipinski definition) is 0. The molecule has 4 nitrogen and oxygen atoms in total. The van der Waals surface area contributed by atoms with Crippen molar-refractivity contribution in [2.24, 2.45) is 0 Å². The summed E-state index contributed by atoms with van der Waals surface area (Å²) in [6.45, 7) is 0. The molecule has 89 valence electrons. The first-order valence-corrected chi connectivity index (χ1v) is 5.33. The van der Waals surface area contributed by atoms with Crippen molar-refractivity contribution in [3.8, 4) is 0 Å². The van der Waals surface area contributed by atoms with E-state index in [2.05, 4.69) is 24.4 Å². The van der Waals surface area contributed by atoms with E-state index < -0.39 is 0 Å². The Morgan fingerprint density at radius 3 is 1.29 bits per heavy atom. The van der Waals surface area contributed by atoms with Crippen LogP contribution in [0, 0.1) is 9.28 Å². The smallest absolute Gasteiger partial charge is 0.484 e. The molecule has 0 fully saturated rings. The molecule has 7 heteroatoms. The van der Waals surface area contributed by atoms with Crippen molar-refractivity contribution in [3.05, 3.63) is 58.1 Å². The summed E-state index contributed by atoms with van der Waals surface area (Å²) in [5.41, 5.74) is 0. The fourth-order valence-electron chi connectivity index (χ4n) is 0.868. The van der Waals surface area contributed by atoms with Crippen LogP contribution < -0.4 is 0 Å².